The van der Waals surface area contributed by atoms with Crippen molar-refractivity contribution < 1.29 is 38.1 Å². The van der Waals surface area contributed by atoms with Gasteiger partial charge in [-0.3, -0.25) is 14.4 Å². The Morgan fingerprint density at radius 1 is 1.07 bits per heavy atom. The molecule has 0 aromatic heterocycles. The number of ether oxygens (including phenoxy) is 4. The molecule has 1 saturated heterocycles. The van der Waals surface area contributed by atoms with Crippen LogP contribution in [0.25, 0.3) is 0 Å². The van der Waals surface area contributed by atoms with Crippen LogP contribution in [0.3, 0.4) is 0 Å². The quantitative estimate of drug-likeness (QED) is 0.386. The molecule has 3 rings (SSSR count). The van der Waals surface area contributed by atoms with Crippen molar-refractivity contribution >= 4 is 23.9 Å². The molecule has 0 unspecified atom stereocenters. The highest BCUT2D eigenvalue weighted by atomic mass is 16.6. The second-order valence-electron chi connectivity index (χ2n) is 8.80. The van der Waals surface area contributed by atoms with Crippen molar-refractivity contribution in [2.24, 2.45) is 23.2 Å². The molecule has 1 heterocycles. The minimum atomic E-state index is -0.894. The van der Waals surface area contributed by atoms with Gasteiger partial charge in [0.05, 0.1) is 5.92 Å². The zero-order chi connectivity index (χ0) is 22.4. The van der Waals surface area contributed by atoms with Gasteiger partial charge in [-0.15, -0.1) is 0 Å². The molecular weight excluding hydrogens is 392 g/mol. The minimum Gasteiger partial charge on any atom is -0.462 e. The molecule has 8 heteroatoms. The summed E-state index contributed by atoms with van der Waals surface area (Å²) in [5.74, 6) is -2.74. The normalized spacial score (nSPS) is 40.0. The SMILES string of the molecule is C=C1C(=O)O[C@H]2C[C@@H](CC)[C@@H]3[C@@H](OC(C)=O)C[C@H](OC(C)=O)[C@@]3(C)[C@@H](OC(C)=O)[C@H]12. The molecule has 0 aromatic carbocycles. The van der Waals surface area contributed by atoms with Crippen LogP contribution in [0.15, 0.2) is 12.2 Å². The van der Waals surface area contributed by atoms with Gasteiger partial charge in [0.1, 0.15) is 24.4 Å². The molecule has 30 heavy (non-hydrogen) atoms. The molecule has 8 nitrogen and oxygen atoms in total. The fourth-order valence-corrected chi connectivity index (χ4v) is 5.97. The summed E-state index contributed by atoms with van der Waals surface area (Å²) in [6.45, 7) is 11.8. The highest BCUT2D eigenvalue weighted by molar-refractivity contribution is 5.91. The monoisotopic (exact) mass is 422 g/mol. The number of rotatable bonds is 4. The molecular formula is C22H30O8. The van der Waals surface area contributed by atoms with Crippen LogP contribution in [0, 0.1) is 23.2 Å². The number of carbonyl (C=O) groups excluding carboxylic acids is 4. The van der Waals surface area contributed by atoms with E-state index in [0.29, 0.717) is 12.8 Å². The third-order valence-corrected chi connectivity index (χ3v) is 7.01. The van der Waals surface area contributed by atoms with Crippen LogP contribution in [0.4, 0.5) is 0 Å². The van der Waals surface area contributed by atoms with Crippen LogP contribution in [0.1, 0.15) is 53.9 Å². The van der Waals surface area contributed by atoms with Crippen LogP contribution in [0.2, 0.25) is 0 Å². The fraction of sp³-hybridized carbons (Fsp3) is 0.727. The summed E-state index contributed by atoms with van der Waals surface area (Å²) in [4.78, 5) is 48.2. The highest BCUT2D eigenvalue weighted by Crippen LogP contribution is 2.60. The zero-order valence-electron chi connectivity index (χ0n) is 18.1. The largest absolute Gasteiger partial charge is 0.462 e. The van der Waals surface area contributed by atoms with Gasteiger partial charge < -0.3 is 18.9 Å². The average Bonchev–Trinajstić information content (AvgIpc) is 3.00. The fourth-order valence-electron chi connectivity index (χ4n) is 5.97. The lowest BCUT2D eigenvalue weighted by Crippen LogP contribution is -2.52. The highest BCUT2D eigenvalue weighted by Gasteiger charge is 2.68. The van der Waals surface area contributed by atoms with E-state index in [0.717, 1.165) is 6.42 Å². The maximum absolute atomic E-state index is 12.3. The van der Waals surface area contributed by atoms with Crippen LogP contribution >= 0.6 is 0 Å². The predicted octanol–water partition coefficient (Wildman–Crippen LogP) is 2.34. The summed E-state index contributed by atoms with van der Waals surface area (Å²) in [7, 11) is 0. The number of fused-ring (bicyclic) bond motifs is 2. The van der Waals surface area contributed by atoms with Gasteiger partial charge in [-0.2, -0.15) is 0 Å². The van der Waals surface area contributed by atoms with Crippen molar-refractivity contribution in [2.75, 3.05) is 0 Å². The lowest BCUT2D eigenvalue weighted by Gasteiger charge is -2.44. The second-order valence-corrected chi connectivity index (χ2v) is 8.80. The predicted molar refractivity (Wildman–Crippen MR) is 104 cm³/mol. The Labute approximate surface area is 176 Å². The molecule has 0 N–H and O–H groups in total. The first kappa shape index (κ1) is 22.3. The topological polar surface area (TPSA) is 105 Å². The van der Waals surface area contributed by atoms with Gasteiger partial charge >= 0.3 is 23.9 Å². The molecule has 3 aliphatic rings. The Kier molecular flexibility index (Phi) is 5.98. The molecule has 2 aliphatic carbocycles. The second kappa shape index (κ2) is 8.04. The van der Waals surface area contributed by atoms with Crippen molar-refractivity contribution in [2.45, 2.75) is 78.3 Å². The van der Waals surface area contributed by atoms with Crippen LogP contribution < -0.4 is 0 Å². The number of carbonyl (C=O) groups is 4. The van der Waals surface area contributed by atoms with Gasteiger partial charge in [-0.05, 0) is 12.3 Å². The Balaban J connectivity index is 2.18. The first-order valence-corrected chi connectivity index (χ1v) is 10.4. The van der Waals surface area contributed by atoms with Gasteiger partial charge in [-0.1, -0.05) is 26.8 Å². The number of hydrogen-bond donors (Lipinski definition) is 0. The van der Waals surface area contributed by atoms with E-state index in [-0.39, 0.29) is 17.4 Å². The average molecular weight is 422 g/mol. The van der Waals surface area contributed by atoms with E-state index in [4.69, 9.17) is 18.9 Å². The van der Waals surface area contributed by atoms with Gasteiger partial charge in [0.2, 0.25) is 0 Å². The Hall–Kier alpha value is -2.38. The lowest BCUT2D eigenvalue weighted by molar-refractivity contribution is -0.178. The van der Waals surface area contributed by atoms with Crippen molar-refractivity contribution in [1.29, 1.82) is 0 Å². The number of hydrogen-bond acceptors (Lipinski definition) is 8. The van der Waals surface area contributed by atoms with E-state index in [2.05, 4.69) is 6.58 Å². The van der Waals surface area contributed by atoms with E-state index in [9.17, 15) is 19.2 Å². The Morgan fingerprint density at radius 3 is 2.20 bits per heavy atom. The molecule has 8 atom stereocenters. The van der Waals surface area contributed by atoms with Crippen molar-refractivity contribution in [1.82, 2.24) is 0 Å². The molecule has 0 bridgehead atoms. The third kappa shape index (κ3) is 3.61. The minimum absolute atomic E-state index is 0.00772. The first-order chi connectivity index (χ1) is 14.0. The van der Waals surface area contributed by atoms with Crippen LogP contribution in [-0.4, -0.2) is 48.3 Å². The van der Waals surface area contributed by atoms with Gasteiger partial charge in [0.25, 0.3) is 0 Å². The summed E-state index contributed by atoms with van der Waals surface area (Å²) in [5, 5.41) is 0. The Morgan fingerprint density at radius 2 is 1.67 bits per heavy atom. The maximum atomic E-state index is 12.3. The summed E-state index contributed by atoms with van der Waals surface area (Å²) in [6, 6.07) is 0. The van der Waals surface area contributed by atoms with Gasteiger partial charge in [0, 0.05) is 44.1 Å². The van der Waals surface area contributed by atoms with Crippen LogP contribution in [-0.2, 0) is 38.1 Å². The molecule has 1 aliphatic heterocycles. The zero-order valence-corrected chi connectivity index (χ0v) is 18.1. The van der Waals surface area contributed by atoms with E-state index in [1.807, 2.05) is 13.8 Å². The maximum Gasteiger partial charge on any atom is 0.334 e. The van der Waals surface area contributed by atoms with Crippen LogP contribution in [0.5, 0.6) is 0 Å². The standard InChI is InChI=1S/C22H30O8/c1-7-14-8-15-18(10(2)21(26)30-15)20(29-13(5)25)22(6)17(28-12(4)24)9-16(19(14)22)27-11(3)23/h14-20H,2,7-9H2,1,3-6H3/t14-,15+,16+,17+,18-,19-,20+,22-/m1/s1. The summed E-state index contributed by atoms with van der Waals surface area (Å²) in [5.41, 5.74) is -0.644. The number of esters is 4. The van der Waals surface area contributed by atoms with Gasteiger partial charge in [0.15, 0.2) is 0 Å². The Bertz CT molecular complexity index is 773. The molecule has 0 spiro atoms. The van der Waals surface area contributed by atoms with Crippen molar-refractivity contribution in [3.05, 3.63) is 12.2 Å². The molecule has 3 fully saturated rings. The van der Waals surface area contributed by atoms with E-state index >= 15 is 0 Å². The lowest BCUT2D eigenvalue weighted by atomic mass is 9.66. The third-order valence-electron chi connectivity index (χ3n) is 7.01. The summed E-state index contributed by atoms with van der Waals surface area (Å²) in [6.07, 6.45) is -0.942. The first-order valence-electron chi connectivity index (χ1n) is 10.4. The van der Waals surface area contributed by atoms with Crippen molar-refractivity contribution in [3.8, 4) is 0 Å². The molecule has 0 radical (unpaired) electrons. The molecule has 166 valence electrons. The van der Waals surface area contributed by atoms with Crippen molar-refractivity contribution in [3.63, 3.8) is 0 Å². The molecule has 2 saturated carbocycles. The van der Waals surface area contributed by atoms with E-state index in [1.54, 1.807) is 0 Å². The smallest absolute Gasteiger partial charge is 0.334 e. The summed E-state index contributed by atoms with van der Waals surface area (Å²) < 4.78 is 22.8. The van der Waals surface area contributed by atoms with E-state index < -0.39 is 59.6 Å². The summed E-state index contributed by atoms with van der Waals surface area (Å²) >= 11 is 0. The molecule has 0 aromatic rings. The van der Waals surface area contributed by atoms with Gasteiger partial charge in [-0.25, -0.2) is 4.79 Å². The molecule has 0 amide bonds. The van der Waals surface area contributed by atoms with E-state index in [1.165, 1.54) is 20.8 Å².